The van der Waals surface area contributed by atoms with E-state index >= 15 is 0 Å². The summed E-state index contributed by atoms with van der Waals surface area (Å²) in [4.78, 5) is 14.7. The number of nitrogen functional groups attached to an aromatic ring is 1. The number of anilines is 1. The number of hydrogen-bond donors (Lipinski definition) is 2. The van der Waals surface area contributed by atoms with Crippen molar-refractivity contribution in [2.45, 2.75) is 52.1 Å². The molecule has 1 aliphatic heterocycles. The summed E-state index contributed by atoms with van der Waals surface area (Å²) < 4.78 is 0. The monoisotopic (exact) mass is 261 g/mol. The number of aryl methyl sites for hydroxylation is 1. The van der Waals surface area contributed by atoms with E-state index < -0.39 is 0 Å². The molecule has 4 heteroatoms. The number of nitrogens with one attached hydrogen (secondary N) is 1. The zero-order valence-corrected chi connectivity index (χ0v) is 11.9. The second kappa shape index (κ2) is 5.61. The largest absolute Gasteiger partial charge is 0.333 e. The lowest BCUT2D eigenvalue weighted by Gasteiger charge is -2.39. The van der Waals surface area contributed by atoms with E-state index in [0.717, 1.165) is 18.4 Å². The molecular weight excluding hydrogens is 238 g/mol. The first kappa shape index (κ1) is 13.9. The minimum Gasteiger partial charge on any atom is -0.333 e. The molecule has 19 heavy (non-hydrogen) atoms. The minimum absolute atomic E-state index is 0.0765. The first-order valence-corrected chi connectivity index (χ1v) is 6.94. The van der Waals surface area contributed by atoms with E-state index in [1.165, 1.54) is 6.42 Å². The van der Waals surface area contributed by atoms with Crippen molar-refractivity contribution in [3.8, 4) is 0 Å². The van der Waals surface area contributed by atoms with E-state index in [-0.39, 0.29) is 5.91 Å². The van der Waals surface area contributed by atoms with E-state index in [1.807, 2.05) is 30.0 Å². The molecule has 1 amide bonds. The Morgan fingerprint density at radius 3 is 2.53 bits per heavy atom. The minimum atomic E-state index is 0.0765. The number of piperidine rings is 1. The molecule has 1 saturated heterocycles. The van der Waals surface area contributed by atoms with Gasteiger partial charge in [0.1, 0.15) is 0 Å². The van der Waals surface area contributed by atoms with Crippen molar-refractivity contribution in [3.63, 3.8) is 0 Å². The number of likely N-dealkylation sites (tertiary alicyclic amines) is 1. The first-order chi connectivity index (χ1) is 9.04. The molecule has 2 unspecified atom stereocenters. The van der Waals surface area contributed by atoms with Gasteiger partial charge in [-0.15, -0.1) is 0 Å². The quantitative estimate of drug-likeness (QED) is 0.635. The average Bonchev–Trinajstić information content (AvgIpc) is 2.38. The number of hydrogen-bond acceptors (Lipinski definition) is 3. The van der Waals surface area contributed by atoms with Crippen LogP contribution < -0.4 is 11.3 Å². The van der Waals surface area contributed by atoms with E-state index in [2.05, 4.69) is 19.3 Å². The molecule has 1 aromatic rings. The molecule has 104 valence electrons. The SMILES string of the molecule is Cc1ccc(C(=O)N2C(C)CCCC2C)c(NN)c1. The first-order valence-electron chi connectivity index (χ1n) is 6.94. The number of benzene rings is 1. The van der Waals surface area contributed by atoms with Gasteiger partial charge in [-0.1, -0.05) is 6.07 Å². The molecular formula is C15H23N3O. The zero-order valence-electron chi connectivity index (χ0n) is 11.9. The fraction of sp³-hybridized carbons (Fsp3) is 0.533. The van der Waals surface area contributed by atoms with Gasteiger partial charge in [-0.05, 0) is 57.7 Å². The van der Waals surface area contributed by atoms with Crippen LogP contribution in [0, 0.1) is 6.92 Å². The van der Waals surface area contributed by atoms with E-state index in [1.54, 1.807) is 0 Å². The van der Waals surface area contributed by atoms with Crippen LogP contribution in [-0.2, 0) is 0 Å². The van der Waals surface area contributed by atoms with Gasteiger partial charge in [-0.3, -0.25) is 10.6 Å². The molecule has 0 aliphatic carbocycles. The van der Waals surface area contributed by atoms with Gasteiger partial charge in [0.15, 0.2) is 0 Å². The smallest absolute Gasteiger partial charge is 0.256 e. The van der Waals surface area contributed by atoms with E-state index in [9.17, 15) is 4.79 Å². The summed E-state index contributed by atoms with van der Waals surface area (Å²) >= 11 is 0. The van der Waals surface area contributed by atoms with E-state index in [4.69, 9.17) is 5.84 Å². The van der Waals surface area contributed by atoms with Crippen LogP contribution in [0.25, 0.3) is 0 Å². The maximum Gasteiger partial charge on any atom is 0.256 e. The maximum absolute atomic E-state index is 12.7. The van der Waals surface area contributed by atoms with Crippen molar-refractivity contribution < 1.29 is 4.79 Å². The molecule has 2 atom stereocenters. The number of nitrogens with zero attached hydrogens (tertiary/aromatic N) is 1. The molecule has 1 heterocycles. The molecule has 0 aromatic heterocycles. The van der Waals surface area contributed by atoms with Crippen LogP contribution in [0.2, 0.25) is 0 Å². The van der Waals surface area contributed by atoms with E-state index in [0.29, 0.717) is 23.3 Å². The molecule has 1 aliphatic rings. The normalized spacial score (nSPS) is 23.3. The van der Waals surface area contributed by atoms with Gasteiger partial charge >= 0.3 is 0 Å². The Bertz CT molecular complexity index is 462. The Morgan fingerprint density at radius 1 is 1.32 bits per heavy atom. The fourth-order valence-corrected chi connectivity index (χ4v) is 2.92. The van der Waals surface area contributed by atoms with Crippen LogP contribution >= 0.6 is 0 Å². The Labute approximate surface area is 114 Å². The van der Waals surface area contributed by atoms with Gasteiger partial charge in [0.25, 0.3) is 5.91 Å². The third-order valence-electron chi connectivity index (χ3n) is 3.99. The highest BCUT2D eigenvalue weighted by Gasteiger charge is 2.30. The van der Waals surface area contributed by atoms with Gasteiger partial charge in [-0.2, -0.15) is 0 Å². The maximum atomic E-state index is 12.7. The molecule has 0 spiro atoms. The molecule has 0 radical (unpaired) electrons. The summed E-state index contributed by atoms with van der Waals surface area (Å²) in [6.07, 6.45) is 3.35. The summed E-state index contributed by atoms with van der Waals surface area (Å²) in [7, 11) is 0. The molecule has 1 fully saturated rings. The number of carbonyl (C=O) groups excluding carboxylic acids is 1. The highest BCUT2D eigenvalue weighted by atomic mass is 16.2. The van der Waals surface area contributed by atoms with Crippen molar-refractivity contribution in [1.82, 2.24) is 4.90 Å². The van der Waals surface area contributed by atoms with Gasteiger partial charge in [0.05, 0.1) is 11.3 Å². The van der Waals surface area contributed by atoms with Crippen molar-refractivity contribution in [3.05, 3.63) is 29.3 Å². The lowest BCUT2D eigenvalue weighted by atomic mass is 9.96. The molecule has 3 N–H and O–H groups in total. The predicted molar refractivity (Wildman–Crippen MR) is 77.9 cm³/mol. The summed E-state index contributed by atoms with van der Waals surface area (Å²) in [5.74, 6) is 5.61. The molecule has 4 nitrogen and oxygen atoms in total. The third kappa shape index (κ3) is 2.73. The van der Waals surface area contributed by atoms with Crippen molar-refractivity contribution >= 4 is 11.6 Å². The van der Waals surface area contributed by atoms with Crippen LogP contribution in [0.4, 0.5) is 5.69 Å². The van der Waals surface area contributed by atoms with Crippen LogP contribution in [0.3, 0.4) is 0 Å². The lowest BCUT2D eigenvalue weighted by Crippen LogP contribution is -2.47. The van der Waals surface area contributed by atoms with Crippen molar-refractivity contribution in [2.75, 3.05) is 5.43 Å². The average molecular weight is 261 g/mol. The lowest BCUT2D eigenvalue weighted by molar-refractivity contribution is 0.0512. The molecule has 2 rings (SSSR count). The zero-order chi connectivity index (χ0) is 14.0. The second-order valence-corrected chi connectivity index (χ2v) is 5.53. The van der Waals surface area contributed by atoms with Crippen LogP contribution in [0.15, 0.2) is 18.2 Å². The van der Waals surface area contributed by atoms with Crippen LogP contribution in [0.5, 0.6) is 0 Å². The Morgan fingerprint density at radius 2 is 1.95 bits per heavy atom. The Hall–Kier alpha value is -1.55. The highest BCUT2D eigenvalue weighted by molar-refractivity contribution is 6.00. The number of rotatable bonds is 2. The van der Waals surface area contributed by atoms with Gasteiger partial charge < -0.3 is 10.3 Å². The van der Waals surface area contributed by atoms with Crippen molar-refractivity contribution in [1.29, 1.82) is 0 Å². The summed E-state index contributed by atoms with van der Waals surface area (Å²) in [6, 6.07) is 6.31. The highest BCUT2D eigenvalue weighted by Crippen LogP contribution is 2.27. The number of nitrogens with two attached hydrogens (primary N) is 1. The second-order valence-electron chi connectivity index (χ2n) is 5.53. The predicted octanol–water partition coefficient (Wildman–Crippen LogP) is 2.68. The molecule has 0 bridgehead atoms. The summed E-state index contributed by atoms with van der Waals surface area (Å²) in [6.45, 7) is 6.23. The standard InChI is InChI=1S/C15H23N3O/c1-10-7-8-13(14(9-10)17-16)15(19)18-11(2)5-4-6-12(18)3/h7-9,11-12,17H,4-6,16H2,1-3H3. The fourth-order valence-electron chi connectivity index (χ4n) is 2.92. The van der Waals surface area contributed by atoms with Crippen LogP contribution in [-0.4, -0.2) is 22.9 Å². The van der Waals surface area contributed by atoms with Gasteiger partial charge in [-0.25, -0.2) is 0 Å². The molecule has 0 saturated carbocycles. The summed E-state index contributed by atoms with van der Waals surface area (Å²) in [5, 5.41) is 0. The van der Waals surface area contributed by atoms with Crippen molar-refractivity contribution in [2.24, 2.45) is 5.84 Å². The number of amides is 1. The Balaban J connectivity index is 2.32. The summed E-state index contributed by atoms with van der Waals surface area (Å²) in [5.41, 5.74) is 5.09. The van der Waals surface area contributed by atoms with Gasteiger partial charge in [0.2, 0.25) is 0 Å². The number of carbonyl (C=O) groups is 1. The van der Waals surface area contributed by atoms with Crippen LogP contribution in [0.1, 0.15) is 49.0 Å². The number of hydrazine groups is 1. The Kier molecular flexibility index (Phi) is 4.10. The molecule has 1 aromatic carbocycles. The van der Waals surface area contributed by atoms with Gasteiger partial charge in [0, 0.05) is 12.1 Å². The third-order valence-corrected chi connectivity index (χ3v) is 3.99. The topological polar surface area (TPSA) is 58.4 Å².